The van der Waals surface area contributed by atoms with Gasteiger partial charge in [-0.3, -0.25) is 4.79 Å². The molecule has 98 valence electrons. The third-order valence-corrected chi connectivity index (χ3v) is 3.64. The molecule has 1 aromatic rings. The van der Waals surface area contributed by atoms with Gasteiger partial charge in [0, 0.05) is 20.1 Å². The van der Waals surface area contributed by atoms with Crippen molar-refractivity contribution in [2.24, 2.45) is 5.73 Å². The maximum Gasteiger partial charge on any atom is 0.240 e. The first-order valence-electron chi connectivity index (χ1n) is 6.37. The number of aryl methyl sites for hydroxylation is 2. The average molecular weight is 247 g/mol. The minimum absolute atomic E-state index is 0.00481. The number of hydrogen-bond acceptors (Lipinski definition) is 3. The van der Waals surface area contributed by atoms with Gasteiger partial charge in [0.2, 0.25) is 5.91 Å². The molecule has 2 rings (SSSR count). The Morgan fingerprint density at radius 2 is 1.83 bits per heavy atom. The zero-order valence-electron chi connectivity index (χ0n) is 11.4. The number of hydrogen-bond donors (Lipinski definition) is 1. The number of benzene rings is 1. The van der Waals surface area contributed by atoms with Gasteiger partial charge >= 0.3 is 0 Å². The van der Waals surface area contributed by atoms with E-state index in [-0.39, 0.29) is 12.5 Å². The van der Waals surface area contributed by atoms with Crippen molar-refractivity contribution in [1.29, 1.82) is 0 Å². The van der Waals surface area contributed by atoms with Crippen LogP contribution in [0.5, 0.6) is 0 Å². The first-order valence-corrected chi connectivity index (χ1v) is 6.37. The first-order chi connectivity index (χ1) is 8.54. The Hall–Kier alpha value is -1.55. The molecule has 2 N–H and O–H groups in total. The summed E-state index contributed by atoms with van der Waals surface area (Å²) in [7, 11) is 2.07. The number of nitrogens with two attached hydrogens (primary N) is 1. The van der Waals surface area contributed by atoms with E-state index >= 15 is 0 Å². The van der Waals surface area contributed by atoms with Crippen molar-refractivity contribution in [2.45, 2.75) is 20.3 Å². The van der Waals surface area contributed by atoms with Gasteiger partial charge < -0.3 is 15.5 Å². The molecule has 0 unspecified atom stereocenters. The number of carbonyl (C=O) groups is 1. The topological polar surface area (TPSA) is 49.6 Å². The summed E-state index contributed by atoms with van der Waals surface area (Å²) in [6.45, 7) is 5.95. The van der Waals surface area contributed by atoms with Crippen LogP contribution in [0, 0.1) is 13.8 Å². The van der Waals surface area contributed by atoms with Crippen molar-refractivity contribution in [2.75, 3.05) is 36.5 Å². The average Bonchev–Trinajstić information content (AvgIpc) is 2.50. The van der Waals surface area contributed by atoms with Crippen LogP contribution in [0.3, 0.4) is 0 Å². The second-order valence-corrected chi connectivity index (χ2v) is 4.95. The lowest BCUT2D eigenvalue weighted by atomic mass is 10.1. The van der Waals surface area contributed by atoms with E-state index in [0.29, 0.717) is 0 Å². The van der Waals surface area contributed by atoms with Crippen molar-refractivity contribution >= 4 is 17.3 Å². The third-order valence-electron chi connectivity index (χ3n) is 3.64. The standard InChI is InChI=1S/C14H21N3O/c1-10-7-12-13(8-11(10)2)17(14(18)9-15)6-4-5-16(12)3/h7-8H,4-6,9,15H2,1-3H3. The van der Waals surface area contributed by atoms with Crippen LogP contribution in [-0.2, 0) is 4.79 Å². The van der Waals surface area contributed by atoms with E-state index < -0.39 is 0 Å². The van der Waals surface area contributed by atoms with Gasteiger partial charge in [0.15, 0.2) is 0 Å². The maximum atomic E-state index is 12.0. The molecule has 1 aliphatic heterocycles. The third kappa shape index (κ3) is 2.20. The molecule has 1 heterocycles. The van der Waals surface area contributed by atoms with Crippen LogP contribution in [0.4, 0.5) is 11.4 Å². The summed E-state index contributed by atoms with van der Waals surface area (Å²) >= 11 is 0. The molecular weight excluding hydrogens is 226 g/mol. The highest BCUT2D eigenvalue weighted by Gasteiger charge is 2.23. The minimum atomic E-state index is -0.00481. The van der Waals surface area contributed by atoms with Crippen molar-refractivity contribution in [3.63, 3.8) is 0 Å². The molecule has 0 atom stereocenters. The van der Waals surface area contributed by atoms with Gasteiger partial charge in [-0.1, -0.05) is 0 Å². The predicted octanol–water partition coefficient (Wildman–Crippen LogP) is 1.44. The number of nitrogens with zero attached hydrogens (tertiary/aromatic N) is 2. The van der Waals surface area contributed by atoms with Crippen molar-refractivity contribution in [3.05, 3.63) is 23.3 Å². The van der Waals surface area contributed by atoms with Crippen molar-refractivity contribution in [1.82, 2.24) is 0 Å². The van der Waals surface area contributed by atoms with E-state index in [0.717, 1.165) is 30.9 Å². The summed E-state index contributed by atoms with van der Waals surface area (Å²) in [5.41, 5.74) is 10.1. The zero-order chi connectivity index (χ0) is 13.3. The second kappa shape index (κ2) is 4.98. The molecule has 0 aromatic heterocycles. The summed E-state index contributed by atoms with van der Waals surface area (Å²) in [5.74, 6) is -0.00481. The molecular formula is C14H21N3O. The summed E-state index contributed by atoms with van der Waals surface area (Å²) in [6.07, 6.45) is 0.967. The molecule has 1 aromatic carbocycles. The monoisotopic (exact) mass is 247 g/mol. The molecule has 0 bridgehead atoms. The summed E-state index contributed by atoms with van der Waals surface area (Å²) in [5, 5.41) is 0. The summed E-state index contributed by atoms with van der Waals surface area (Å²) in [6, 6.07) is 4.26. The van der Waals surface area contributed by atoms with Gasteiger partial charge in [-0.05, 0) is 43.5 Å². The predicted molar refractivity (Wildman–Crippen MR) is 75.2 cm³/mol. The van der Waals surface area contributed by atoms with E-state index in [2.05, 4.69) is 37.9 Å². The molecule has 0 fully saturated rings. The summed E-state index contributed by atoms with van der Waals surface area (Å²) < 4.78 is 0. The Morgan fingerprint density at radius 3 is 2.44 bits per heavy atom. The molecule has 0 saturated heterocycles. The van der Waals surface area contributed by atoms with E-state index in [1.165, 1.54) is 11.1 Å². The fraction of sp³-hybridized carbons (Fsp3) is 0.500. The van der Waals surface area contributed by atoms with Gasteiger partial charge in [-0.25, -0.2) is 0 Å². The number of anilines is 2. The Bertz CT molecular complexity index is 470. The maximum absolute atomic E-state index is 12.0. The minimum Gasteiger partial charge on any atom is -0.373 e. The van der Waals surface area contributed by atoms with Gasteiger partial charge in [-0.15, -0.1) is 0 Å². The number of fused-ring (bicyclic) bond motifs is 1. The van der Waals surface area contributed by atoms with Crippen LogP contribution < -0.4 is 15.5 Å². The van der Waals surface area contributed by atoms with Crippen LogP contribution in [0.15, 0.2) is 12.1 Å². The fourth-order valence-electron chi connectivity index (χ4n) is 2.38. The molecule has 18 heavy (non-hydrogen) atoms. The molecule has 0 spiro atoms. The second-order valence-electron chi connectivity index (χ2n) is 4.95. The SMILES string of the molecule is Cc1cc2c(cc1C)N(C(=O)CN)CCCN2C. The lowest BCUT2D eigenvalue weighted by Crippen LogP contribution is -2.36. The molecule has 1 aliphatic rings. The van der Waals surface area contributed by atoms with Gasteiger partial charge in [0.05, 0.1) is 17.9 Å². The molecule has 0 aliphatic carbocycles. The molecule has 4 nitrogen and oxygen atoms in total. The molecule has 1 amide bonds. The normalized spacial score (nSPS) is 15.3. The van der Waals surface area contributed by atoms with Crippen LogP contribution in [-0.4, -0.2) is 32.6 Å². The lowest BCUT2D eigenvalue weighted by molar-refractivity contribution is -0.117. The van der Waals surface area contributed by atoms with E-state index in [9.17, 15) is 4.79 Å². The smallest absolute Gasteiger partial charge is 0.240 e. The van der Waals surface area contributed by atoms with Gasteiger partial charge in [-0.2, -0.15) is 0 Å². The number of amides is 1. The Morgan fingerprint density at radius 1 is 1.22 bits per heavy atom. The molecule has 0 saturated carbocycles. The number of rotatable bonds is 1. The fourth-order valence-corrected chi connectivity index (χ4v) is 2.38. The molecule has 4 heteroatoms. The van der Waals surface area contributed by atoms with E-state index in [1.54, 1.807) is 0 Å². The van der Waals surface area contributed by atoms with Gasteiger partial charge in [0.1, 0.15) is 0 Å². The van der Waals surface area contributed by atoms with Crippen molar-refractivity contribution < 1.29 is 4.79 Å². The first kappa shape index (κ1) is 12.9. The van der Waals surface area contributed by atoms with Crippen LogP contribution in [0.25, 0.3) is 0 Å². The highest BCUT2D eigenvalue weighted by molar-refractivity contribution is 5.98. The van der Waals surface area contributed by atoms with Crippen LogP contribution in [0.2, 0.25) is 0 Å². The lowest BCUT2D eigenvalue weighted by Gasteiger charge is -2.25. The Balaban J connectivity index is 2.54. The van der Waals surface area contributed by atoms with Gasteiger partial charge in [0.25, 0.3) is 0 Å². The highest BCUT2D eigenvalue weighted by Crippen LogP contribution is 2.34. The zero-order valence-corrected chi connectivity index (χ0v) is 11.4. The quantitative estimate of drug-likeness (QED) is 0.817. The van der Waals surface area contributed by atoms with Crippen LogP contribution >= 0.6 is 0 Å². The van der Waals surface area contributed by atoms with Crippen molar-refractivity contribution in [3.8, 4) is 0 Å². The van der Waals surface area contributed by atoms with E-state index in [4.69, 9.17) is 5.73 Å². The highest BCUT2D eigenvalue weighted by atomic mass is 16.2. The van der Waals surface area contributed by atoms with E-state index in [1.807, 2.05) is 4.90 Å². The Kier molecular flexibility index (Phi) is 3.57. The largest absolute Gasteiger partial charge is 0.373 e. The molecule has 0 radical (unpaired) electrons. The Labute approximate surface area is 108 Å². The van der Waals surface area contributed by atoms with Crippen LogP contribution in [0.1, 0.15) is 17.5 Å². The summed E-state index contributed by atoms with van der Waals surface area (Å²) in [4.78, 5) is 16.0. The number of carbonyl (C=O) groups excluding carboxylic acids is 1.